The second-order valence-electron chi connectivity index (χ2n) is 4.59. The van der Waals surface area contributed by atoms with Crippen LogP contribution >= 0.6 is 11.3 Å². The highest BCUT2D eigenvalue weighted by molar-refractivity contribution is 7.17. The summed E-state index contributed by atoms with van der Waals surface area (Å²) >= 11 is 1.09. The summed E-state index contributed by atoms with van der Waals surface area (Å²) in [5.74, 6) is 0.181. The molecule has 0 aliphatic carbocycles. The molecule has 1 heterocycles. The second-order valence-corrected chi connectivity index (χ2v) is 5.59. The van der Waals surface area contributed by atoms with Crippen molar-refractivity contribution in [1.29, 1.82) is 0 Å². The van der Waals surface area contributed by atoms with E-state index in [0.717, 1.165) is 23.3 Å². The first-order chi connectivity index (χ1) is 10.5. The summed E-state index contributed by atoms with van der Waals surface area (Å²) in [5, 5.41) is 14.6. The molecule has 0 saturated carbocycles. The topological polar surface area (TPSA) is 83.5 Å². The average molecular weight is 321 g/mol. The molecule has 0 unspecified atom stereocenters. The van der Waals surface area contributed by atoms with Gasteiger partial charge in [-0.15, -0.1) is 0 Å². The third kappa shape index (κ3) is 3.67. The van der Waals surface area contributed by atoms with Crippen molar-refractivity contribution in [1.82, 2.24) is 4.98 Å². The minimum absolute atomic E-state index is 0.161. The number of aromatic nitrogens is 1. The van der Waals surface area contributed by atoms with Crippen molar-refractivity contribution in [3.63, 3.8) is 0 Å². The third-order valence-corrected chi connectivity index (χ3v) is 4.22. The molecular weight excluding hydrogens is 304 g/mol. The van der Waals surface area contributed by atoms with E-state index < -0.39 is 5.97 Å². The van der Waals surface area contributed by atoms with Crippen molar-refractivity contribution in [2.45, 2.75) is 13.3 Å². The van der Waals surface area contributed by atoms with Gasteiger partial charge in [-0.05, 0) is 31.0 Å². The monoisotopic (exact) mass is 321 g/mol. The summed E-state index contributed by atoms with van der Waals surface area (Å²) in [4.78, 5) is 15.2. The van der Waals surface area contributed by atoms with Crippen LogP contribution in [-0.2, 0) is 6.42 Å². The Bertz CT molecular complexity index is 670. The Balaban J connectivity index is 1.96. The van der Waals surface area contributed by atoms with Crippen LogP contribution in [0.4, 0.5) is 5.13 Å². The maximum absolute atomic E-state index is 10.9. The van der Waals surface area contributed by atoms with E-state index in [2.05, 4.69) is 10.3 Å². The van der Waals surface area contributed by atoms with Crippen molar-refractivity contribution in [2.24, 2.45) is 0 Å². The lowest BCUT2D eigenvalue weighted by Crippen LogP contribution is -2.21. The molecule has 118 valence electrons. The van der Waals surface area contributed by atoms with Crippen LogP contribution in [0.1, 0.15) is 20.9 Å². The van der Waals surface area contributed by atoms with Gasteiger partial charge in [-0.3, -0.25) is 0 Å². The van der Waals surface area contributed by atoms with Gasteiger partial charge in [0.2, 0.25) is 0 Å². The molecule has 7 heteroatoms. The minimum atomic E-state index is -1.19. The van der Waals surface area contributed by atoms with E-state index in [1.807, 2.05) is 18.2 Å². The number of nitrogens with zero attached hydrogens (tertiary/aromatic N) is 1. The molecule has 2 aromatic rings. The molecule has 0 amide bonds. The molecule has 0 atom stereocenters. The minimum Gasteiger partial charge on any atom is -0.544 e. The molecule has 0 spiro atoms. The van der Waals surface area contributed by atoms with E-state index in [0.29, 0.717) is 28.9 Å². The second kappa shape index (κ2) is 7.13. The Labute approximate surface area is 132 Å². The SMILES string of the molecule is COc1ccc(CCNc2nc(C)c(C(=O)[O-])s2)cc1OC. The summed E-state index contributed by atoms with van der Waals surface area (Å²) in [6.07, 6.45) is 0.750. The van der Waals surface area contributed by atoms with Crippen molar-refractivity contribution >= 4 is 22.4 Å². The average Bonchev–Trinajstić information content (AvgIpc) is 2.88. The van der Waals surface area contributed by atoms with E-state index in [9.17, 15) is 9.90 Å². The molecule has 1 aromatic carbocycles. The number of carboxylic acid groups (broad SMARTS) is 1. The molecule has 6 nitrogen and oxygen atoms in total. The molecule has 1 aromatic heterocycles. The van der Waals surface area contributed by atoms with E-state index in [-0.39, 0.29) is 4.88 Å². The summed E-state index contributed by atoms with van der Waals surface area (Å²) in [6.45, 7) is 2.29. The highest BCUT2D eigenvalue weighted by Gasteiger charge is 2.08. The number of thiazole rings is 1. The predicted molar refractivity (Wildman–Crippen MR) is 82.9 cm³/mol. The lowest BCUT2D eigenvalue weighted by Gasteiger charge is -2.09. The van der Waals surface area contributed by atoms with Gasteiger partial charge in [0.05, 0.1) is 30.8 Å². The van der Waals surface area contributed by atoms with Gasteiger partial charge in [-0.1, -0.05) is 17.4 Å². The quantitative estimate of drug-likeness (QED) is 0.832. The van der Waals surface area contributed by atoms with E-state index in [1.54, 1.807) is 21.1 Å². The summed E-state index contributed by atoms with van der Waals surface area (Å²) in [6, 6.07) is 5.73. The van der Waals surface area contributed by atoms with Crippen LogP contribution in [0.3, 0.4) is 0 Å². The fraction of sp³-hybridized carbons (Fsp3) is 0.333. The first-order valence-electron chi connectivity index (χ1n) is 6.68. The number of hydrogen-bond acceptors (Lipinski definition) is 7. The highest BCUT2D eigenvalue weighted by atomic mass is 32.1. The van der Waals surface area contributed by atoms with Crippen LogP contribution in [0, 0.1) is 6.92 Å². The summed E-state index contributed by atoms with van der Waals surface area (Å²) < 4.78 is 10.5. The molecule has 0 radical (unpaired) electrons. The summed E-state index contributed by atoms with van der Waals surface area (Å²) in [5.41, 5.74) is 1.55. The first kappa shape index (κ1) is 16.1. The number of benzene rings is 1. The van der Waals surface area contributed by atoms with E-state index >= 15 is 0 Å². The number of carboxylic acids is 1. The molecule has 0 aliphatic heterocycles. The number of methoxy groups -OCH3 is 2. The number of nitrogens with one attached hydrogen (secondary N) is 1. The molecule has 0 saturated heterocycles. The van der Waals surface area contributed by atoms with Crippen molar-refractivity contribution in [3.05, 3.63) is 34.3 Å². The first-order valence-corrected chi connectivity index (χ1v) is 7.50. The predicted octanol–water partition coefficient (Wildman–Crippen LogP) is 1.49. The Kier molecular flexibility index (Phi) is 5.21. The zero-order valence-corrected chi connectivity index (χ0v) is 13.5. The molecule has 2 rings (SSSR count). The van der Waals surface area contributed by atoms with E-state index in [1.165, 1.54) is 0 Å². The molecular formula is C15H17N2O4S-. The lowest BCUT2D eigenvalue weighted by atomic mass is 10.1. The van der Waals surface area contributed by atoms with E-state index in [4.69, 9.17) is 9.47 Å². The lowest BCUT2D eigenvalue weighted by molar-refractivity contribution is -0.254. The van der Waals surface area contributed by atoms with Gasteiger partial charge in [0.15, 0.2) is 16.6 Å². The number of aryl methyl sites for hydroxylation is 1. The molecule has 0 bridgehead atoms. The molecule has 1 N–H and O–H groups in total. The van der Waals surface area contributed by atoms with Crippen LogP contribution < -0.4 is 19.9 Å². The van der Waals surface area contributed by atoms with Crippen LogP contribution in [0.5, 0.6) is 11.5 Å². The Hall–Kier alpha value is -2.28. The molecule has 22 heavy (non-hydrogen) atoms. The standard InChI is InChI=1S/C15H18N2O4S/c1-9-13(14(18)19)22-15(17-9)16-7-6-10-4-5-11(20-2)12(8-10)21-3/h4-5,8H,6-7H2,1-3H3,(H,16,17)(H,18,19)/p-1. The number of carbonyl (C=O) groups is 1. The van der Waals surface area contributed by atoms with Crippen molar-refractivity contribution in [2.75, 3.05) is 26.1 Å². The highest BCUT2D eigenvalue weighted by Crippen LogP contribution is 2.28. The fourth-order valence-corrected chi connectivity index (χ4v) is 2.84. The largest absolute Gasteiger partial charge is 0.544 e. The summed E-state index contributed by atoms with van der Waals surface area (Å²) in [7, 11) is 3.19. The number of rotatable bonds is 7. The Morgan fingerprint density at radius 1 is 1.32 bits per heavy atom. The molecule has 0 fully saturated rings. The van der Waals surface area contributed by atoms with Crippen LogP contribution in [-0.4, -0.2) is 31.7 Å². The number of hydrogen-bond donors (Lipinski definition) is 1. The number of aromatic carboxylic acids is 1. The van der Waals surface area contributed by atoms with Crippen LogP contribution in [0.2, 0.25) is 0 Å². The number of carbonyl (C=O) groups excluding carboxylic acids is 1. The number of ether oxygens (including phenoxy) is 2. The smallest absolute Gasteiger partial charge is 0.183 e. The maximum Gasteiger partial charge on any atom is 0.183 e. The van der Waals surface area contributed by atoms with Crippen LogP contribution in [0.25, 0.3) is 0 Å². The van der Waals surface area contributed by atoms with Gasteiger partial charge in [0.25, 0.3) is 0 Å². The van der Waals surface area contributed by atoms with Gasteiger partial charge in [0.1, 0.15) is 0 Å². The number of anilines is 1. The van der Waals surface area contributed by atoms with Crippen molar-refractivity contribution in [3.8, 4) is 11.5 Å². The van der Waals surface area contributed by atoms with Crippen LogP contribution in [0.15, 0.2) is 18.2 Å². The van der Waals surface area contributed by atoms with Gasteiger partial charge in [-0.2, -0.15) is 0 Å². The molecule has 0 aliphatic rings. The zero-order valence-electron chi connectivity index (χ0n) is 12.6. The zero-order chi connectivity index (χ0) is 16.1. The fourth-order valence-electron chi connectivity index (χ4n) is 2.01. The Morgan fingerprint density at radius 3 is 2.64 bits per heavy atom. The van der Waals surface area contributed by atoms with Gasteiger partial charge < -0.3 is 24.7 Å². The maximum atomic E-state index is 10.9. The Morgan fingerprint density at radius 2 is 2.05 bits per heavy atom. The van der Waals surface area contributed by atoms with Gasteiger partial charge in [-0.25, -0.2) is 4.98 Å². The van der Waals surface area contributed by atoms with Gasteiger partial charge in [0, 0.05) is 6.54 Å². The normalized spacial score (nSPS) is 10.3. The third-order valence-electron chi connectivity index (χ3n) is 3.12. The van der Waals surface area contributed by atoms with Crippen molar-refractivity contribution < 1.29 is 19.4 Å². The van der Waals surface area contributed by atoms with Gasteiger partial charge >= 0.3 is 0 Å².